The molecule has 0 aliphatic rings. The zero-order valence-electron chi connectivity index (χ0n) is 14.9. The summed E-state index contributed by atoms with van der Waals surface area (Å²) in [5.74, 6) is -2.24. The summed E-state index contributed by atoms with van der Waals surface area (Å²) < 4.78 is 44.1. The van der Waals surface area contributed by atoms with Crippen molar-refractivity contribution in [2.75, 3.05) is 12.4 Å². The molecule has 2 aromatic heterocycles. The highest BCUT2D eigenvalue weighted by molar-refractivity contribution is 5.83. The lowest BCUT2D eigenvalue weighted by atomic mass is 10.2. The monoisotopic (exact) mass is 415 g/mol. The maximum atomic E-state index is 10.6. The van der Waals surface area contributed by atoms with Gasteiger partial charge in [-0.15, -0.1) is 0 Å². The van der Waals surface area contributed by atoms with E-state index < -0.39 is 18.1 Å². The van der Waals surface area contributed by atoms with Crippen molar-refractivity contribution < 1.29 is 42.1 Å². The molecule has 1 aromatic carbocycles. The van der Waals surface area contributed by atoms with Crippen LogP contribution in [0.15, 0.2) is 41.1 Å². The quantitative estimate of drug-likeness (QED) is 0.561. The average Bonchev–Trinajstić information content (AvgIpc) is 3.25. The largest absolute Gasteiger partial charge is 0.493 e. The Morgan fingerprint density at radius 2 is 2.00 bits per heavy atom. The molecule has 0 fully saturated rings. The van der Waals surface area contributed by atoms with Gasteiger partial charge in [-0.3, -0.25) is 9.48 Å². The summed E-state index contributed by atoms with van der Waals surface area (Å²) in [6.07, 6.45) is -1.87. The van der Waals surface area contributed by atoms with E-state index in [-0.39, 0.29) is 6.54 Å². The summed E-state index contributed by atoms with van der Waals surface area (Å²) in [4.78, 5) is 19.5. The number of hydrogen-bond acceptors (Lipinski definition) is 6. The van der Waals surface area contributed by atoms with Crippen LogP contribution in [0.25, 0.3) is 11.0 Å². The van der Waals surface area contributed by atoms with Crippen LogP contribution in [0.3, 0.4) is 0 Å². The van der Waals surface area contributed by atoms with Crippen LogP contribution < -0.4 is 10.1 Å². The second kappa shape index (κ2) is 8.99. The molecule has 2 heterocycles. The number of nitrogens with zero attached hydrogens (tertiary/aromatic N) is 2. The van der Waals surface area contributed by atoms with Gasteiger partial charge in [0.25, 0.3) is 0 Å². The standard InChI is InChI=1S/C15H15N3O4.C2HF3O2/c1-21-13-4-2-3-10-5-12(22-15(10)13)7-16-11-6-17-18(8-11)9-14(19)20;3-2(4,5)1(6)7/h2-6,8,16H,7,9H2,1H3,(H,19,20);(H,6,7). The SMILES string of the molecule is COc1cccc2cc(CNc3cnn(CC(=O)O)c3)oc12.O=C(O)C(F)(F)F. The van der Waals surface area contributed by atoms with Gasteiger partial charge in [0.05, 0.1) is 25.5 Å². The Balaban J connectivity index is 0.000000370. The normalized spacial score (nSPS) is 10.9. The minimum atomic E-state index is -5.08. The van der Waals surface area contributed by atoms with Gasteiger partial charge >= 0.3 is 18.1 Å². The molecule has 0 saturated carbocycles. The van der Waals surface area contributed by atoms with E-state index in [9.17, 15) is 18.0 Å². The van der Waals surface area contributed by atoms with Crippen LogP contribution in [0.5, 0.6) is 5.75 Å². The number of halogens is 3. The molecule has 0 aliphatic heterocycles. The van der Waals surface area contributed by atoms with Crippen LogP contribution in [0, 0.1) is 0 Å². The lowest BCUT2D eigenvalue weighted by Crippen LogP contribution is -2.21. The van der Waals surface area contributed by atoms with Crippen LogP contribution in [-0.4, -0.2) is 45.2 Å². The Morgan fingerprint density at radius 1 is 1.31 bits per heavy atom. The Morgan fingerprint density at radius 3 is 2.59 bits per heavy atom. The van der Waals surface area contributed by atoms with E-state index >= 15 is 0 Å². The molecule has 0 radical (unpaired) electrons. The Kier molecular flexibility index (Phi) is 6.70. The molecule has 12 heteroatoms. The number of para-hydroxylation sites is 1. The number of rotatable bonds is 6. The summed E-state index contributed by atoms with van der Waals surface area (Å²) in [6, 6.07) is 7.64. The topological polar surface area (TPSA) is 127 Å². The maximum absolute atomic E-state index is 10.6. The molecule has 3 N–H and O–H groups in total. The molecule has 9 nitrogen and oxygen atoms in total. The number of aliphatic carboxylic acids is 2. The van der Waals surface area contributed by atoms with E-state index in [0.29, 0.717) is 17.9 Å². The van der Waals surface area contributed by atoms with Crippen LogP contribution in [0.2, 0.25) is 0 Å². The average molecular weight is 415 g/mol. The molecule has 156 valence electrons. The smallest absolute Gasteiger partial charge is 0.490 e. The Bertz CT molecular complexity index is 996. The van der Waals surface area contributed by atoms with E-state index in [4.69, 9.17) is 24.2 Å². The first-order valence-electron chi connectivity index (χ1n) is 7.94. The lowest BCUT2D eigenvalue weighted by molar-refractivity contribution is -0.192. The van der Waals surface area contributed by atoms with E-state index in [0.717, 1.165) is 16.8 Å². The maximum Gasteiger partial charge on any atom is 0.490 e. The number of alkyl halides is 3. The summed E-state index contributed by atoms with van der Waals surface area (Å²) in [5, 5.41) is 23.9. The molecule has 0 saturated heterocycles. The molecule has 29 heavy (non-hydrogen) atoms. The van der Waals surface area contributed by atoms with E-state index in [2.05, 4.69) is 10.4 Å². The third-order valence-electron chi connectivity index (χ3n) is 3.42. The first kappa shape index (κ1) is 21.6. The van der Waals surface area contributed by atoms with E-state index in [1.54, 1.807) is 19.5 Å². The molecule has 0 bridgehead atoms. The second-order valence-electron chi connectivity index (χ2n) is 5.57. The fourth-order valence-corrected chi connectivity index (χ4v) is 2.21. The lowest BCUT2D eigenvalue weighted by Gasteiger charge is -2.00. The van der Waals surface area contributed by atoms with Gasteiger partial charge in [0, 0.05) is 11.6 Å². The van der Waals surface area contributed by atoms with E-state index in [1.165, 1.54) is 4.68 Å². The number of anilines is 1. The summed E-state index contributed by atoms with van der Waals surface area (Å²) in [7, 11) is 1.60. The molecular formula is C17H16F3N3O6. The first-order chi connectivity index (χ1) is 13.6. The van der Waals surface area contributed by atoms with Crippen LogP contribution in [0.4, 0.5) is 18.9 Å². The molecule has 0 amide bonds. The zero-order chi connectivity index (χ0) is 21.6. The van der Waals surface area contributed by atoms with Gasteiger partial charge in [0.15, 0.2) is 11.3 Å². The zero-order valence-corrected chi connectivity index (χ0v) is 14.9. The molecule has 3 aromatic rings. The third kappa shape index (κ3) is 6.16. The van der Waals surface area contributed by atoms with Crippen molar-refractivity contribution in [3.05, 3.63) is 42.4 Å². The van der Waals surface area contributed by atoms with Crippen molar-refractivity contribution in [3.63, 3.8) is 0 Å². The van der Waals surface area contributed by atoms with Crippen molar-refractivity contribution in [1.29, 1.82) is 0 Å². The van der Waals surface area contributed by atoms with Crippen molar-refractivity contribution in [2.45, 2.75) is 19.3 Å². The predicted octanol–water partition coefficient (Wildman–Crippen LogP) is 2.97. The van der Waals surface area contributed by atoms with Gasteiger partial charge in [-0.1, -0.05) is 12.1 Å². The van der Waals surface area contributed by atoms with Crippen molar-refractivity contribution in [2.24, 2.45) is 0 Å². The molecular weight excluding hydrogens is 399 g/mol. The van der Waals surface area contributed by atoms with Gasteiger partial charge in [0.1, 0.15) is 12.3 Å². The van der Waals surface area contributed by atoms with Gasteiger partial charge in [0.2, 0.25) is 0 Å². The highest BCUT2D eigenvalue weighted by Gasteiger charge is 2.38. The summed E-state index contributed by atoms with van der Waals surface area (Å²) in [6.45, 7) is 0.306. The summed E-state index contributed by atoms with van der Waals surface area (Å²) >= 11 is 0. The van der Waals surface area contributed by atoms with E-state index in [1.807, 2.05) is 24.3 Å². The molecule has 0 spiro atoms. The number of aromatic nitrogens is 2. The second-order valence-corrected chi connectivity index (χ2v) is 5.57. The van der Waals surface area contributed by atoms with Gasteiger partial charge < -0.3 is 24.7 Å². The molecule has 0 unspecified atom stereocenters. The number of ether oxygens (including phenoxy) is 1. The van der Waals surface area contributed by atoms with Gasteiger partial charge in [-0.25, -0.2) is 4.79 Å². The fraction of sp³-hybridized carbons (Fsp3) is 0.235. The van der Waals surface area contributed by atoms with Crippen LogP contribution in [-0.2, 0) is 22.7 Å². The van der Waals surface area contributed by atoms with Crippen molar-refractivity contribution >= 4 is 28.6 Å². The fourth-order valence-electron chi connectivity index (χ4n) is 2.21. The first-order valence-corrected chi connectivity index (χ1v) is 7.94. The number of hydrogen-bond donors (Lipinski definition) is 3. The third-order valence-corrected chi connectivity index (χ3v) is 3.42. The van der Waals surface area contributed by atoms with Crippen LogP contribution >= 0.6 is 0 Å². The number of fused-ring (bicyclic) bond motifs is 1. The number of nitrogens with one attached hydrogen (secondary N) is 1. The Labute approximate surface area is 161 Å². The molecule has 0 aliphatic carbocycles. The van der Waals surface area contributed by atoms with Crippen molar-refractivity contribution in [1.82, 2.24) is 9.78 Å². The van der Waals surface area contributed by atoms with Crippen molar-refractivity contribution in [3.8, 4) is 5.75 Å². The summed E-state index contributed by atoms with van der Waals surface area (Å²) in [5.41, 5.74) is 1.44. The van der Waals surface area contributed by atoms with Gasteiger partial charge in [-0.05, 0) is 12.1 Å². The number of methoxy groups -OCH3 is 1. The number of benzene rings is 1. The Hall–Kier alpha value is -3.70. The molecule has 3 rings (SSSR count). The molecule has 0 atom stereocenters. The minimum absolute atomic E-state index is 0.163. The number of carbonyl (C=O) groups is 2. The number of furan rings is 1. The van der Waals surface area contributed by atoms with Gasteiger partial charge in [-0.2, -0.15) is 18.3 Å². The number of carboxylic acid groups (broad SMARTS) is 2. The highest BCUT2D eigenvalue weighted by atomic mass is 19.4. The predicted molar refractivity (Wildman–Crippen MR) is 93.6 cm³/mol. The van der Waals surface area contributed by atoms with Crippen LogP contribution in [0.1, 0.15) is 5.76 Å². The highest BCUT2D eigenvalue weighted by Crippen LogP contribution is 2.28. The number of carboxylic acids is 2. The minimum Gasteiger partial charge on any atom is -0.493 e.